The molecule has 0 aliphatic rings. The van der Waals surface area contributed by atoms with Gasteiger partial charge >= 0.3 is 0 Å². The molecule has 0 aliphatic heterocycles. The zero-order chi connectivity index (χ0) is 11.4. The highest BCUT2D eigenvalue weighted by Gasteiger charge is 2.19. The standard InChI is InChI=1S/C9H7F3N2O/c1-15-9-5(8(11)12)4-6(10)7(14-9)2-3-13/h4,8H,2H2,1H3. The summed E-state index contributed by atoms with van der Waals surface area (Å²) in [7, 11) is 1.16. The number of methoxy groups -OCH3 is 1. The molecule has 1 aromatic heterocycles. The zero-order valence-electron chi connectivity index (χ0n) is 7.80. The Balaban J connectivity index is 3.24. The molecule has 6 heteroatoms. The summed E-state index contributed by atoms with van der Waals surface area (Å²) in [5.74, 6) is -1.27. The number of aromatic nitrogens is 1. The maximum atomic E-state index is 13.1. The van der Waals surface area contributed by atoms with Crippen molar-refractivity contribution in [2.75, 3.05) is 7.11 Å². The van der Waals surface area contributed by atoms with Crippen LogP contribution in [0.2, 0.25) is 0 Å². The van der Waals surface area contributed by atoms with Crippen molar-refractivity contribution >= 4 is 0 Å². The Kier molecular flexibility index (Phi) is 3.50. The van der Waals surface area contributed by atoms with Crippen LogP contribution in [0.3, 0.4) is 0 Å². The van der Waals surface area contributed by atoms with Gasteiger partial charge in [-0.15, -0.1) is 0 Å². The summed E-state index contributed by atoms with van der Waals surface area (Å²) >= 11 is 0. The number of pyridine rings is 1. The van der Waals surface area contributed by atoms with Crippen LogP contribution in [0.4, 0.5) is 13.2 Å². The Morgan fingerprint density at radius 1 is 1.60 bits per heavy atom. The molecule has 15 heavy (non-hydrogen) atoms. The number of nitrogens with zero attached hydrogens (tertiary/aromatic N) is 2. The average Bonchev–Trinajstić information content (AvgIpc) is 2.20. The molecule has 0 fully saturated rings. The van der Waals surface area contributed by atoms with E-state index in [0.29, 0.717) is 6.07 Å². The second-order valence-electron chi connectivity index (χ2n) is 2.65. The van der Waals surface area contributed by atoms with Crippen molar-refractivity contribution in [3.05, 3.63) is 23.1 Å². The van der Waals surface area contributed by atoms with Crippen molar-refractivity contribution in [3.8, 4) is 11.9 Å². The predicted molar refractivity (Wildman–Crippen MR) is 45.0 cm³/mol. The van der Waals surface area contributed by atoms with Gasteiger partial charge in [0.25, 0.3) is 6.43 Å². The van der Waals surface area contributed by atoms with E-state index in [1.165, 1.54) is 0 Å². The maximum absolute atomic E-state index is 13.1. The lowest BCUT2D eigenvalue weighted by Gasteiger charge is -2.08. The lowest BCUT2D eigenvalue weighted by atomic mass is 10.2. The molecular formula is C9H7F3N2O. The van der Waals surface area contributed by atoms with E-state index >= 15 is 0 Å². The Hall–Kier alpha value is -1.77. The van der Waals surface area contributed by atoms with Crippen LogP contribution in [0.15, 0.2) is 6.07 Å². The van der Waals surface area contributed by atoms with Crippen LogP contribution in [0, 0.1) is 17.1 Å². The van der Waals surface area contributed by atoms with Gasteiger partial charge in [-0.25, -0.2) is 18.2 Å². The molecular weight excluding hydrogens is 209 g/mol. The summed E-state index contributed by atoms with van der Waals surface area (Å²) in [6, 6.07) is 2.32. The van der Waals surface area contributed by atoms with Gasteiger partial charge in [-0.3, -0.25) is 0 Å². The molecule has 0 N–H and O–H groups in total. The predicted octanol–water partition coefficient (Wildman–Crippen LogP) is 2.23. The van der Waals surface area contributed by atoms with Crippen LogP contribution in [-0.2, 0) is 6.42 Å². The van der Waals surface area contributed by atoms with Gasteiger partial charge in [-0.1, -0.05) is 0 Å². The fraction of sp³-hybridized carbons (Fsp3) is 0.333. The van der Waals surface area contributed by atoms with Crippen LogP contribution in [0.25, 0.3) is 0 Å². The van der Waals surface area contributed by atoms with Crippen molar-refractivity contribution in [1.29, 1.82) is 5.26 Å². The van der Waals surface area contributed by atoms with Crippen LogP contribution >= 0.6 is 0 Å². The first-order valence-corrected chi connectivity index (χ1v) is 3.98. The molecule has 0 radical (unpaired) electrons. The molecule has 0 saturated heterocycles. The second-order valence-corrected chi connectivity index (χ2v) is 2.65. The first-order chi connectivity index (χ1) is 7.10. The normalized spacial score (nSPS) is 10.1. The highest BCUT2D eigenvalue weighted by molar-refractivity contribution is 5.31. The fourth-order valence-corrected chi connectivity index (χ4v) is 1.04. The van der Waals surface area contributed by atoms with Crippen LogP contribution in [0.5, 0.6) is 5.88 Å². The summed E-state index contributed by atoms with van der Waals surface area (Å²) in [4.78, 5) is 3.50. The molecule has 80 valence electrons. The van der Waals surface area contributed by atoms with Crippen LogP contribution < -0.4 is 4.74 Å². The van der Waals surface area contributed by atoms with E-state index in [9.17, 15) is 13.2 Å². The monoisotopic (exact) mass is 216 g/mol. The topological polar surface area (TPSA) is 45.9 Å². The maximum Gasteiger partial charge on any atom is 0.269 e. The summed E-state index contributed by atoms with van der Waals surface area (Å²) < 4.78 is 42.4. The smallest absolute Gasteiger partial charge is 0.269 e. The van der Waals surface area contributed by atoms with Gasteiger partial charge in [0.2, 0.25) is 5.88 Å². The molecule has 0 bridgehead atoms. The summed E-state index contributed by atoms with van der Waals surface area (Å²) in [5, 5.41) is 8.34. The number of nitriles is 1. The Labute approximate surface area is 84.1 Å². The number of halogens is 3. The summed E-state index contributed by atoms with van der Waals surface area (Å²) in [6.07, 6.45) is -3.15. The Morgan fingerprint density at radius 3 is 2.73 bits per heavy atom. The fourth-order valence-electron chi connectivity index (χ4n) is 1.04. The summed E-state index contributed by atoms with van der Waals surface area (Å²) in [6.45, 7) is 0. The van der Waals surface area contributed by atoms with Gasteiger partial charge in [0.15, 0.2) is 0 Å². The highest BCUT2D eigenvalue weighted by atomic mass is 19.3. The van der Waals surface area contributed by atoms with Crippen molar-refractivity contribution in [2.45, 2.75) is 12.8 Å². The molecule has 0 aliphatic carbocycles. The molecule has 0 atom stereocenters. The Morgan fingerprint density at radius 2 is 2.27 bits per heavy atom. The molecule has 0 spiro atoms. The third kappa shape index (κ3) is 2.37. The van der Waals surface area contributed by atoms with Gasteiger partial charge in [-0.2, -0.15) is 5.26 Å². The van der Waals surface area contributed by atoms with E-state index in [4.69, 9.17) is 5.26 Å². The second kappa shape index (κ2) is 4.64. The molecule has 1 rings (SSSR count). The van der Waals surface area contributed by atoms with Crippen LogP contribution in [-0.4, -0.2) is 12.1 Å². The lowest BCUT2D eigenvalue weighted by Crippen LogP contribution is -2.02. The van der Waals surface area contributed by atoms with Gasteiger partial charge in [0, 0.05) is 0 Å². The van der Waals surface area contributed by atoms with Crippen molar-refractivity contribution in [3.63, 3.8) is 0 Å². The molecule has 0 amide bonds. The highest BCUT2D eigenvalue weighted by Crippen LogP contribution is 2.28. The van der Waals surface area contributed by atoms with Crippen LogP contribution in [0.1, 0.15) is 17.7 Å². The molecule has 0 aromatic carbocycles. The van der Waals surface area contributed by atoms with E-state index in [1.54, 1.807) is 6.07 Å². The van der Waals surface area contributed by atoms with Gasteiger partial charge in [-0.05, 0) is 6.07 Å². The molecule has 3 nitrogen and oxygen atoms in total. The summed E-state index contributed by atoms with van der Waals surface area (Å²) in [5.41, 5.74) is -0.810. The minimum absolute atomic E-state index is 0.196. The van der Waals surface area contributed by atoms with E-state index in [1.807, 2.05) is 0 Å². The molecule has 0 saturated carbocycles. The lowest BCUT2D eigenvalue weighted by molar-refractivity contribution is 0.145. The van der Waals surface area contributed by atoms with E-state index < -0.39 is 17.8 Å². The van der Waals surface area contributed by atoms with Crippen molar-refractivity contribution in [2.24, 2.45) is 0 Å². The first kappa shape index (κ1) is 11.3. The zero-order valence-corrected chi connectivity index (χ0v) is 7.80. The number of hydrogen-bond donors (Lipinski definition) is 0. The van der Waals surface area contributed by atoms with Crippen molar-refractivity contribution < 1.29 is 17.9 Å². The molecule has 0 unspecified atom stereocenters. The quantitative estimate of drug-likeness (QED) is 0.778. The number of rotatable bonds is 3. The largest absolute Gasteiger partial charge is 0.481 e. The van der Waals surface area contributed by atoms with Crippen molar-refractivity contribution in [1.82, 2.24) is 4.98 Å². The van der Waals surface area contributed by atoms with E-state index in [2.05, 4.69) is 9.72 Å². The van der Waals surface area contributed by atoms with Gasteiger partial charge in [0.1, 0.15) is 5.82 Å². The average molecular weight is 216 g/mol. The van der Waals surface area contributed by atoms with E-state index in [0.717, 1.165) is 7.11 Å². The first-order valence-electron chi connectivity index (χ1n) is 3.98. The Bertz CT molecular complexity index is 401. The van der Waals surface area contributed by atoms with Gasteiger partial charge < -0.3 is 4.74 Å². The third-order valence-electron chi connectivity index (χ3n) is 1.72. The third-order valence-corrected chi connectivity index (χ3v) is 1.72. The molecule has 1 heterocycles. The van der Waals surface area contributed by atoms with Gasteiger partial charge in [0.05, 0.1) is 30.9 Å². The number of alkyl halides is 2. The SMILES string of the molecule is COc1nc(CC#N)c(F)cc1C(F)F. The number of hydrogen-bond acceptors (Lipinski definition) is 3. The number of ether oxygens (including phenoxy) is 1. The van der Waals surface area contributed by atoms with E-state index in [-0.39, 0.29) is 18.0 Å². The minimum Gasteiger partial charge on any atom is -0.481 e. The molecule has 1 aromatic rings. The minimum atomic E-state index is -2.86.